The number of aromatic nitrogens is 2. The molecule has 0 unspecified atom stereocenters. The largest absolute Gasteiger partial charge is 0.281 e. The Morgan fingerprint density at radius 1 is 1.33 bits per heavy atom. The highest BCUT2D eigenvalue weighted by Gasteiger charge is 2.21. The van der Waals surface area contributed by atoms with Gasteiger partial charge < -0.3 is 0 Å². The van der Waals surface area contributed by atoms with Crippen LogP contribution in [0.15, 0.2) is 24.3 Å². The van der Waals surface area contributed by atoms with Gasteiger partial charge in [-0.1, -0.05) is 12.1 Å². The monoisotopic (exact) mass is 241 g/mol. The summed E-state index contributed by atoms with van der Waals surface area (Å²) in [7, 11) is 0. The third kappa shape index (κ3) is 1.68. The molecule has 0 bridgehead atoms. The summed E-state index contributed by atoms with van der Waals surface area (Å²) in [5.41, 5.74) is 2.88. The van der Waals surface area contributed by atoms with E-state index in [4.69, 9.17) is 6.57 Å². The van der Waals surface area contributed by atoms with E-state index in [1.165, 1.54) is 12.1 Å². The van der Waals surface area contributed by atoms with Crippen LogP contribution in [0.25, 0.3) is 16.1 Å². The van der Waals surface area contributed by atoms with E-state index in [9.17, 15) is 4.39 Å². The van der Waals surface area contributed by atoms with Crippen LogP contribution in [0, 0.1) is 12.4 Å². The van der Waals surface area contributed by atoms with Gasteiger partial charge in [0.05, 0.1) is 12.3 Å². The van der Waals surface area contributed by atoms with Gasteiger partial charge in [-0.25, -0.2) is 9.24 Å². The summed E-state index contributed by atoms with van der Waals surface area (Å²) < 4.78 is 15.2. The lowest BCUT2D eigenvalue weighted by Crippen LogP contribution is -2.10. The molecule has 0 radical (unpaired) electrons. The molecule has 3 nitrogen and oxygen atoms in total. The van der Waals surface area contributed by atoms with Gasteiger partial charge >= 0.3 is 0 Å². The highest BCUT2D eigenvalue weighted by atomic mass is 19.1. The Bertz CT molecular complexity index is 637. The minimum absolute atomic E-state index is 0.297. The second kappa shape index (κ2) is 4.26. The van der Waals surface area contributed by atoms with Crippen molar-refractivity contribution in [1.29, 1.82) is 0 Å². The average molecular weight is 241 g/mol. The van der Waals surface area contributed by atoms with Crippen molar-refractivity contribution < 1.29 is 4.39 Å². The molecule has 0 atom stereocenters. The molecule has 0 saturated carbocycles. The van der Waals surface area contributed by atoms with Crippen LogP contribution in [0.2, 0.25) is 0 Å². The Balaban J connectivity index is 2.18. The molecule has 1 aliphatic heterocycles. The zero-order valence-electron chi connectivity index (χ0n) is 9.86. The van der Waals surface area contributed by atoms with Crippen molar-refractivity contribution in [2.45, 2.75) is 25.8 Å². The minimum Gasteiger partial charge on any atom is -0.281 e. The van der Waals surface area contributed by atoms with Crippen LogP contribution in [0.5, 0.6) is 0 Å². The summed E-state index contributed by atoms with van der Waals surface area (Å²) in [5, 5.41) is 4.47. The molecule has 1 aromatic heterocycles. The number of nitrogens with zero attached hydrogens (tertiary/aromatic N) is 3. The van der Waals surface area contributed by atoms with Crippen molar-refractivity contribution in [3.05, 3.63) is 47.2 Å². The van der Waals surface area contributed by atoms with Gasteiger partial charge in [0.2, 0.25) is 5.69 Å². The summed E-state index contributed by atoms with van der Waals surface area (Å²) in [5.74, 6) is -0.297. The molecule has 2 heterocycles. The van der Waals surface area contributed by atoms with Gasteiger partial charge in [-0.05, 0) is 37.0 Å². The van der Waals surface area contributed by atoms with Crippen molar-refractivity contribution in [2.75, 3.05) is 0 Å². The van der Waals surface area contributed by atoms with Crippen LogP contribution in [-0.2, 0) is 13.0 Å². The maximum atomic E-state index is 13.3. The number of benzene rings is 1. The van der Waals surface area contributed by atoms with E-state index in [2.05, 4.69) is 9.94 Å². The Morgan fingerprint density at radius 2 is 2.22 bits per heavy atom. The van der Waals surface area contributed by atoms with E-state index in [0.717, 1.165) is 31.5 Å². The van der Waals surface area contributed by atoms with Crippen molar-refractivity contribution in [3.63, 3.8) is 0 Å². The number of hydrogen-bond acceptors (Lipinski definition) is 1. The highest BCUT2D eigenvalue weighted by Crippen LogP contribution is 2.35. The average Bonchev–Trinajstić information content (AvgIpc) is 2.77. The zero-order valence-corrected chi connectivity index (χ0v) is 9.86. The molecular formula is C14H12FN3. The molecule has 1 aliphatic rings. The maximum absolute atomic E-state index is 13.3. The topological polar surface area (TPSA) is 22.2 Å². The van der Waals surface area contributed by atoms with Gasteiger partial charge in [0, 0.05) is 12.2 Å². The van der Waals surface area contributed by atoms with Crippen molar-refractivity contribution in [2.24, 2.45) is 0 Å². The molecule has 2 aromatic rings. The van der Waals surface area contributed by atoms with Crippen LogP contribution in [0.4, 0.5) is 10.1 Å². The number of halogens is 1. The lowest BCUT2D eigenvalue weighted by atomic mass is 10.1. The first kappa shape index (κ1) is 11.0. The predicted molar refractivity (Wildman–Crippen MR) is 66.8 cm³/mol. The molecule has 1 aromatic carbocycles. The lowest BCUT2D eigenvalue weighted by molar-refractivity contribution is 0.488. The molecule has 0 saturated heterocycles. The quantitative estimate of drug-likeness (QED) is 0.699. The second-order valence-electron chi connectivity index (χ2n) is 4.45. The third-order valence-electron chi connectivity index (χ3n) is 3.27. The van der Waals surface area contributed by atoms with E-state index in [1.54, 1.807) is 12.1 Å². The van der Waals surface area contributed by atoms with Crippen LogP contribution >= 0.6 is 0 Å². The lowest BCUT2D eigenvalue weighted by Gasteiger charge is -2.12. The molecule has 18 heavy (non-hydrogen) atoms. The van der Waals surface area contributed by atoms with E-state index < -0.39 is 0 Å². The van der Waals surface area contributed by atoms with E-state index >= 15 is 0 Å². The first-order chi connectivity index (χ1) is 8.79. The second-order valence-corrected chi connectivity index (χ2v) is 4.45. The van der Waals surface area contributed by atoms with E-state index in [-0.39, 0.29) is 5.82 Å². The fourth-order valence-electron chi connectivity index (χ4n) is 2.42. The zero-order chi connectivity index (χ0) is 12.5. The van der Waals surface area contributed by atoms with Crippen LogP contribution in [-0.4, -0.2) is 9.78 Å². The summed E-state index contributed by atoms with van der Waals surface area (Å²) in [6, 6.07) is 6.28. The van der Waals surface area contributed by atoms with Crippen LogP contribution in [0.1, 0.15) is 18.5 Å². The van der Waals surface area contributed by atoms with Gasteiger partial charge in [0.1, 0.15) is 5.82 Å². The summed E-state index contributed by atoms with van der Waals surface area (Å²) in [6.45, 7) is 8.18. The smallest absolute Gasteiger partial charge is 0.235 e. The minimum atomic E-state index is -0.297. The molecular weight excluding hydrogens is 229 g/mol. The van der Waals surface area contributed by atoms with Crippen molar-refractivity contribution in [1.82, 2.24) is 9.78 Å². The summed E-state index contributed by atoms with van der Waals surface area (Å²) in [6.07, 6.45) is 3.07. The fourth-order valence-corrected chi connectivity index (χ4v) is 2.42. The van der Waals surface area contributed by atoms with Crippen LogP contribution in [0.3, 0.4) is 0 Å². The number of fused-ring (bicyclic) bond motifs is 1. The summed E-state index contributed by atoms with van der Waals surface area (Å²) >= 11 is 0. The normalized spacial score (nSPS) is 14.0. The molecule has 3 rings (SSSR count). The highest BCUT2D eigenvalue weighted by molar-refractivity contribution is 5.77. The van der Waals surface area contributed by atoms with E-state index in [1.807, 2.05) is 4.68 Å². The molecule has 0 amide bonds. The molecule has 0 aliphatic carbocycles. The maximum Gasteiger partial charge on any atom is 0.235 e. The van der Waals surface area contributed by atoms with Crippen molar-refractivity contribution >= 4 is 5.69 Å². The first-order valence-electron chi connectivity index (χ1n) is 6.02. The van der Waals surface area contributed by atoms with E-state index in [0.29, 0.717) is 16.9 Å². The predicted octanol–water partition coefficient (Wildman–Crippen LogP) is 3.58. The molecule has 0 fully saturated rings. The Labute approximate surface area is 105 Å². The number of rotatable bonds is 1. The first-order valence-corrected chi connectivity index (χ1v) is 6.02. The molecule has 4 heteroatoms. The Kier molecular flexibility index (Phi) is 2.60. The summed E-state index contributed by atoms with van der Waals surface area (Å²) in [4.78, 5) is 3.59. The van der Waals surface area contributed by atoms with Crippen LogP contribution < -0.4 is 0 Å². The van der Waals surface area contributed by atoms with Gasteiger partial charge in [0.15, 0.2) is 0 Å². The van der Waals surface area contributed by atoms with Gasteiger partial charge in [-0.3, -0.25) is 4.68 Å². The van der Waals surface area contributed by atoms with Crippen molar-refractivity contribution in [3.8, 4) is 11.3 Å². The van der Waals surface area contributed by atoms with Gasteiger partial charge in [-0.2, -0.15) is 5.10 Å². The molecule has 90 valence electrons. The number of hydrogen-bond donors (Lipinski definition) is 0. The standard InChI is InChI=1S/C14H12FN3/c1-16-14-12-7-2-3-8-18(12)17-13(14)10-5-4-6-11(15)9-10/h4-6,9H,2-3,7-8H2. The fraction of sp³-hybridized carbons (Fsp3) is 0.286. The van der Waals surface area contributed by atoms with Gasteiger partial charge in [-0.15, -0.1) is 0 Å². The Morgan fingerprint density at radius 3 is 3.00 bits per heavy atom. The molecule has 0 spiro atoms. The number of aryl methyl sites for hydroxylation is 1. The van der Waals surface area contributed by atoms with Gasteiger partial charge in [0.25, 0.3) is 0 Å². The Hall–Kier alpha value is -2.15. The third-order valence-corrected chi connectivity index (χ3v) is 3.27. The molecule has 0 N–H and O–H groups in total. The SMILES string of the molecule is [C-]#[N+]c1c(-c2cccc(F)c2)nn2c1CCCC2.